The van der Waals surface area contributed by atoms with E-state index in [1.165, 1.54) is 24.2 Å². The fourth-order valence-electron chi connectivity index (χ4n) is 3.41. The van der Waals surface area contributed by atoms with Gasteiger partial charge in [0, 0.05) is 12.2 Å². The lowest BCUT2D eigenvalue weighted by molar-refractivity contribution is -0.174. The van der Waals surface area contributed by atoms with Crippen LogP contribution in [0.4, 0.5) is 13.2 Å². The molecule has 1 aliphatic heterocycles. The van der Waals surface area contributed by atoms with Crippen LogP contribution in [0.5, 0.6) is 0 Å². The quantitative estimate of drug-likeness (QED) is 0.849. The van der Waals surface area contributed by atoms with Gasteiger partial charge in [-0.15, -0.1) is 0 Å². The number of H-pyrrole nitrogens is 1. The molecule has 22 heavy (non-hydrogen) atoms. The molecule has 3 rings (SSSR count). The molecule has 2 aliphatic rings. The highest BCUT2D eigenvalue weighted by Gasteiger charge is 2.31. The molecule has 0 bridgehead atoms. The second kappa shape index (κ2) is 6.58. The van der Waals surface area contributed by atoms with Crippen molar-refractivity contribution in [1.82, 2.24) is 14.9 Å². The molecule has 0 spiro atoms. The van der Waals surface area contributed by atoms with Gasteiger partial charge < -0.3 is 9.72 Å². The van der Waals surface area contributed by atoms with Crippen LogP contribution >= 0.6 is 0 Å². The van der Waals surface area contributed by atoms with Crippen LogP contribution in [-0.2, 0) is 17.6 Å². The van der Waals surface area contributed by atoms with Crippen molar-refractivity contribution in [1.29, 1.82) is 0 Å². The summed E-state index contributed by atoms with van der Waals surface area (Å²) < 4.78 is 41.0. The Kier molecular flexibility index (Phi) is 4.73. The number of nitrogens with one attached hydrogen (secondary N) is 1. The molecule has 1 atom stereocenters. The van der Waals surface area contributed by atoms with Gasteiger partial charge in [-0.1, -0.05) is 0 Å². The Labute approximate surface area is 128 Å². The molecule has 1 aromatic rings. The Bertz CT molecular complexity index is 477. The Hall–Kier alpha value is -1.08. The average Bonchev–Trinajstić information content (AvgIpc) is 3.08. The molecule has 7 heteroatoms. The largest absolute Gasteiger partial charge is 0.411 e. The normalized spacial score (nSPS) is 23.0. The lowest BCUT2D eigenvalue weighted by atomic mass is 10.0. The molecule has 4 nitrogen and oxygen atoms in total. The van der Waals surface area contributed by atoms with Gasteiger partial charge in [0.25, 0.3) is 0 Å². The molecule has 1 saturated heterocycles. The first-order chi connectivity index (χ1) is 10.5. The molecule has 1 aliphatic carbocycles. The summed E-state index contributed by atoms with van der Waals surface area (Å²) in [7, 11) is 0. The predicted octanol–water partition coefficient (Wildman–Crippen LogP) is 3.00. The van der Waals surface area contributed by atoms with Gasteiger partial charge in [-0.2, -0.15) is 13.2 Å². The van der Waals surface area contributed by atoms with Gasteiger partial charge in [-0.25, -0.2) is 4.98 Å². The van der Waals surface area contributed by atoms with Crippen molar-refractivity contribution in [2.75, 3.05) is 26.3 Å². The molecule has 1 aromatic heterocycles. The Morgan fingerprint density at radius 1 is 1.23 bits per heavy atom. The summed E-state index contributed by atoms with van der Waals surface area (Å²) in [5.41, 5.74) is 2.43. The lowest BCUT2D eigenvalue weighted by Gasteiger charge is -2.22. The lowest BCUT2D eigenvalue weighted by Crippen LogP contribution is -2.29. The molecule has 1 fully saturated rings. The number of imidazole rings is 1. The summed E-state index contributed by atoms with van der Waals surface area (Å²) in [5.74, 6) is 0.986. The number of alkyl halides is 3. The van der Waals surface area contributed by atoms with Crippen molar-refractivity contribution in [3.05, 3.63) is 17.2 Å². The average molecular weight is 317 g/mol. The molecule has 0 aromatic carbocycles. The Morgan fingerprint density at radius 3 is 2.82 bits per heavy atom. The zero-order chi connectivity index (χ0) is 15.6. The van der Waals surface area contributed by atoms with Crippen molar-refractivity contribution >= 4 is 0 Å². The van der Waals surface area contributed by atoms with E-state index in [0.29, 0.717) is 6.54 Å². The SMILES string of the molecule is FC(F)(F)COCCN1CCC[C@H]1c1nc2c([nH]1)CCCC2. The third-order valence-electron chi connectivity index (χ3n) is 4.44. The number of ether oxygens (including phenoxy) is 1. The predicted molar refractivity (Wildman–Crippen MR) is 75.7 cm³/mol. The van der Waals surface area contributed by atoms with Crippen molar-refractivity contribution in [3.63, 3.8) is 0 Å². The smallest absolute Gasteiger partial charge is 0.371 e. The summed E-state index contributed by atoms with van der Waals surface area (Å²) in [6, 6.07) is 0.195. The zero-order valence-electron chi connectivity index (χ0n) is 12.6. The summed E-state index contributed by atoms with van der Waals surface area (Å²) in [5, 5.41) is 0. The van der Waals surface area contributed by atoms with Gasteiger partial charge in [-0.05, 0) is 45.1 Å². The zero-order valence-corrected chi connectivity index (χ0v) is 12.6. The highest BCUT2D eigenvalue weighted by atomic mass is 19.4. The second-order valence-electron chi connectivity index (χ2n) is 6.12. The van der Waals surface area contributed by atoms with Crippen molar-refractivity contribution in [3.8, 4) is 0 Å². The number of likely N-dealkylation sites (tertiary alicyclic amines) is 1. The molecular weight excluding hydrogens is 295 g/mol. The fraction of sp³-hybridized carbons (Fsp3) is 0.800. The minimum Gasteiger partial charge on any atom is -0.371 e. The minimum absolute atomic E-state index is 0.108. The summed E-state index contributed by atoms with van der Waals surface area (Å²) in [4.78, 5) is 10.4. The molecule has 0 unspecified atom stereocenters. The van der Waals surface area contributed by atoms with E-state index in [1.807, 2.05) is 0 Å². The van der Waals surface area contributed by atoms with Gasteiger partial charge in [0.15, 0.2) is 0 Å². The highest BCUT2D eigenvalue weighted by molar-refractivity contribution is 5.19. The van der Waals surface area contributed by atoms with E-state index >= 15 is 0 Å². The van der Waals surface area contributed by atoms with E-state index in [2.05, 4.69) is 9.88 Å². The van der Waals surface area contributed by atoms with Gasteiger partial charge in [0.2, 0.25) is 0 Å². The van der Waals surface area contributed by atoms with Gasteiger partial charge >= 0.3 is 6.18 Å². The number of fused-ring (bicyclic) bond motifs is 1. The maximum atomic E-state index is 12.1. The molecule has 1 N–H and O–H groups in total. The number of aryl methyl sites for hydroxylation is 2. The van der Waals surface area contributed by atoms with Crippen LogP contribution in [0.2, 0.25) is 0 Å². The van der Waals surface area contributed by atoms with Gasteiger partial charge in [0.1, 0.15) is 12.4 Å². The first-order valence-electron chi connectivity index (χ1n) is 7.99. The fourth-order valence-corrected chi connectivity index (χ4v) is 3.41. The van der Waals surface area contributed by atoms with Crippen molar-refractivity contribution in [2.24, 2.45) is 0 Å². The summed E-state index contributed by atoms with van der Waals surface area (Å²) in [6.07, 6.45) is 2.30. The van der Waals surface area contributed by atoms with E-state index in [9.17, 15) is 13.2 Å². The second-order valence-corrected chi connectivity index (χ2v) is 6.12. The molecule has 2 heterocycles. The standard InChI is InChI=1S/C15H22F3N3O/c16-15(17,18)10-22-9-8-21-7-3-6-13(21)14-19-11-4-1-2-5-12(11)20-14/h13H,1-10H2,(H,19,20)/t13-/m0/s1. The van der Waals surface area contributed by atoms with E-state index in [-0.39, 0.29) is 12.6 Å². The first-order valence-corrected chi connectivity index (χ1v) is 7.99. The molecular formula is C15H22F3N3O. The van der Waals surface area contributed by atoms with Crippen LogP contribution in [0.25, 0.3) is 0 Å². The van der Waals surface area contributed by atoms with E-state index in [4.69, 9.17) is 9.72 Å². The molecule has 124 valence electrons. The molecule has 0 amide bonds. The number of hydrogen-bond acceptors (Lipinski definition) is 3. The highest BCUT2D eigenvalue weighted by Crippen LogP contribution is 2.31. The maximum Gasteiger partial charge on any atom is 0.411 e. The monoisotopic (exact) mass is 317 g/mol. The molecule has 0 saturated carbocycles. The summed E-state index contributed by atoms with van der Waals surface area (Å²) in [6.45, 7) is 0.356. The van der Waals surface area contributed by atoms with E-state index < -0.39 is 12.8 Å². The Balaban J connectivity index is 1.55. The van der Waals surface area contributed by atoms with Crippen LogP contribution in [-0.4, -0.2) is 47.3 Å². The number of rotatable bonds is 5. The topological polar surface area (TPSA) is 41.1 Å². The summed E-state index contributed by atoms with van der Waals surface area (Å²) >= 11 is 0. The Morgan fingerprint density at radius 2 is 2.05 bits per heavy atom. The van der Waals surface area contributed by atoms with Crippen LogP contribution in [0, 0.1) is 0 Å². The van der Waals surface area contributed by atoms with Gasteiger partial charge in [-0.3, -0.25) is 4.90 Å². The van der Waals surface area contributed by atoms with Crippen molar-refractivity contribution in [2.45, 2.75) is 50.7 Å². The van der Waals surface area contributed by atoms with Gasteiger partial charge in [0.05, 0.1) is 18.3 Å². The van der Waals surface area contributed by atoms with E-state index in [0.717, 1.165) is 38.1 Å². The van der Waals surface area contributed by atoms with Crippen LogP contribution in [0.3, 0.4) is 0 Å². The number of nitrogens with zero attached hydrogens (tertiary/aromatic N) is 2. The van der Waals surface area contributed by atoms with Crippen LogP contribution in [0.15, 0.2) is 0 Å². The molecule has 0 radical (unpaired) electrons. The maximum absolute atomic E-state index is 12.1. The first kappa shape index (κ1) is 15.8. The van der Waals surface area contributed by atoms with Crippen LogP contribution < -0.4 is 0 Å². The number of halogens is 3. The third-order valence-corrected chi connectivity index (χ3v) is 4.44. The van der Waals surface area contributed by atoms with Crippen LogP contribution in [0.1, 0.15) is 48.9 Å². The van der Waals surface area contributed by atoms with E-state index in [1.54, 1.807) is 0 Å². The number of aromatic amines is 1. The minimum atomic E-state index is -4.25. The van der Waals surface area contributed by atoms with Crippen molar-refractivity contribution < 1.29 is 17.9 Å². The number of aromatic nitrogens is 2. The number of hydrogen-bond donors (Lipinski definition) is 1. The third kappa shape index (κ3) is 3.81.